The highest BCUT2D eigenvalue weighted by Crippen LogP contribution is 2.40. The van der Waals surface area contributed by atoms with E-state index >= 15 is 0 Å². The molecule has 0 unspecified atom stereocenters. The number of rotatable bonds is 2. The third kappa shape index (κ3) is 2.19. The molecule has 3 rings (SSSR count). The lowest BCUT2D eigenvalue weighted by Gasteiger charge is -2.36. The van der Waals surface area contributed by atoms with Gasteiger partial charge in [0.1, 0.15) is 11.3 Å². The van der Waals surface area contributed by atoms with E-state index in [1.54, 1.807) is 12.1 Å². The largest absolute Gasteiger partial charge is 0.384 e. The molecule has 98 valence electrons. The fraction of sp³-hybridized carbons (Fsp3) is 0.308. The molecule has 0 aromatic carbocycles. The second-order valence-electron chi connectivity index (χ2n) is 4.65. The summed E-state index contributed by atoms with van der Waals surface area (Å²) in [6, 6.07) is 3.29. The molecule has 0 radical (unpaired) electrons. The van der Waals surface area contributed by atoms with E-state index in [1.165, 1.54) is 6.20 Å². The van der Waals surface area contributed by atoms with Crippen molar-refractivity contribution in [3.63, 3.8) is 0 Å². The van der Waals surface area contributed by atoms with Crippen LogP contribution in [0.25, 0.3) is 11.3 Å². The highest BCUT2D eigenvalue weighted by molar-refractivity contribution is 6.28. The maximum atomic E-state index is 13.7. The van der Waals surface area contributed by atoms with Crippen molar-refractivity contribution in [3.8, 4) is 11.3 Å². The van der Waals surface area contributed by atoms with Crippen LogP contribution in [-0.4, -0.2) is 20.1 Å². The lowest BCUT2D eigenvalue weighted by Crippen LogP contribution is -2.34. The molecule has 1 saturated carbocycles. The number of halogens is 2. The van der Waals surface area contributed by atoms with Gasteiger partial charge in [-0.2, -0.15) is 0 Å². The number of aromatic nitrogens is 3. The summed E-state index contributed by atoms with van der Waals surface area (Å²) in [6.45, 7) is 0. The highest BCUT2D eigenvalue weighted by Gasteiger charge is 2.37. The number of hydrogen-bond donors (Lipinski definition) is 1. The van der Waals surface area contributed by atoms with Gasteiger partial charge in [0.25, 0.3) is 0 Å². The average molecular weight is 280 g/mol. The Morgan fingerprint density at radius 1 is 1.32 bits per heavy atom. The second kappa shape index (κ2) is 4.51. The molecule has 1 aliphatic rings. The van der Waals surface area contributed by atoms with Crippen LogP contribution in [0.2, 0.25) is 5.28 Å². The lowest BCUT2D eigenvalue weighted by atomic mass is 9.77. The summed E-state index contributed by atoms with van der Waals surface area (Å²) in [5, 5.41) is 10.2. The minimum Gasteiger partial charge on any atom is -0.384 e. The first-order valence-electron chi connectivity index (χ1n) is 5.96. The SMILES string of the molecule is OC1(c2cc(-c3nc(Cl)ncc3F)ccn2)CCC1. The molecular weight excluding hydrogens is 269 g/mol. The third-order valence-corrected chi connectivity index (χ3v) is 3.59. The van der Waals surface area contributed by atoms with E-state index < -0.39 is 11.4 Å². The molecule has 4 nitrogen and oxygen atoms in total. The van der Waals surface area contributed by atoms with Crippen LogP contribution in [0.4, 0.5) is 4.39 Å². The van der Waals surface area contributed by atoms with Gasteiger partial charge in [-0.1, -0.05) is 0 Å². The first-order chi connectivity index (χ1) is 9.08. The summed E-state index contributed by atoms with van der Waals surface area (Å²) in [6.07, 6.45) is 4.89. The van der Waals surface area contributed by atoms with E-state index in [9.17, 15) is 9.50 Å². The maximum absolute atomic E-state index is 13.7. The molecule has 2 aromatic rings. The van der Waals surface area contributed by atoms with E-state index in [4.69, 9.17) is 11.6 Å². The van der Waals surface area contributed by atoms with Crippen LogP contribution < -0.4 is 0 Å². The molecule has 6 heteroatoms. The van der Waals surface area contributed by atoms with Crippen molar-refractivity contribution in [1.29, 1.82) is 0 Å². The van der Waals surface area contributed by atoms with Gasteiger partial charge in [0, 0.05) is 11.8 Å². The molecule has 1 fully saturated rings. The first-order valence-corrected chi connectivity index (χ1v) is 6.34. The zero-order chi connectivity index (χ0) is 13.5. The van der Waals surface area contributed by atoms with Crippen molar-refractivity contribution < 1.29 is 9.50 Å². The Morgan fingerprint density at radius 3 is 2.79 bits per heavy atom. The van der Waals surface area contributed by atoms with Crippen molar-refractivity contribution in [2.24, 2.45) is 0 Å². The second-order valence-corrected chi connectivity index (χ2v) is 4.99. The molecule has 0 amide bonds. The van der Waals surface area contributed by atoms with E-state index in [1.807, 2.05) is 0 Å². The molecule has 19 heavy (non-hydrogen) atoms. The van der Waals surface area contributed by atoms with Crippen LogP contribution in [0.3, 0.4) is 0 Å². The fourth-order valence-electron chi connectivity index (χ4n) is 2.15. The zero-order valence-electron chi connectivity index (χ0n) is 9.98. The Bertz CT molecular complexity index is 631. The zero-order valence-corrected chi connectivity index (χ0v) is 10.7. The monoisotopic (exact) mass is 279 g/mol. The van der Waals surface area contributed by atoms with Gasteiger partial charge in [-0.15, -0.1) is 0 Å². The van der Waals surface area contributed by atoms with Gasteiger partial charge in [-0.05, 0) is 43.0 Å². The predicted molar refractivity (Wildman–Crippen MR) is 68.0 cm³/mol. The van der Waals surface area contributed by atoms with E-state index in [0.717, 1.165) is 12.6 Å². The normalized spacial score (nSPS) is 17.0. The Labute approximate surface area is 114 Å². The van der Waals surface area contributed by atoms with Crippen LogP contribution in [0.5, 0.6) is 0 Å². The summed E-state index contributed by atoms with van der Waals surface area (Å²) in [7, 11) is 0. The van der Waals surface area contributed by atoms with Gasteiger partial charge in [-0.25, -0.2) is 14.4 Å². The van der Waals surface area contributed by atoms with E-state index in [2.05, 4.69) is 15.0 Å². The van der Waals surface area contributed by atoms with Crippen LogP contribution in [0.15, 0.2) is 24.5 Å². The average Bonchev–Trinajstić information content (AvgIpc) is 2.39. The molecule has 0 bridgehead atoms. The number of aliphatic hydroxyl groups is 1. The number of hydrogen-bond acceptors (Lipinski definition) is 4. The smallest absolute Gasteiger partial charge is 0.223 e. The van der Waals surface area contributed by atoms with Crippen molar-refractivity contribution in [2.45, 2.75) is 24.9 Å². The van der Waals surface area contributed by atoms with Gasteiger partial charge < -0.3 is 5.11 Å². The van der Waals surface area contributed by atoms with Gasteiger partial charge in [0.15, 0.2) is 5.82 Å². The summed E-state index contributed by atoms with van der Waals surface area (Å²) in [5.74, 6) is -0.554. The maximum Gasteiger partial charge on any atom is 0.223 e. The third-order valence-electron chi connectivity index (χ3n) is 3.41. The predicted octanol–water partition coefficient (Wildman–Crippen LogP) is 2.70. The molecular formula is C13H11ClFN3O. The molecule has 0 spiro atoms. The number of pyridine rings is 1. The van der Waals surface area contributed by atoms with Gasteiger partial charge in [0.05, 0.1) is 11.9 Å². The highest BCUT2D eigenvalue weighted by atomic mass is 35.5. The quantitative estimate of drug-likeness (QED) is 0.859. The molecule has 2 aromatic heterocycles. The minimum atomic E-state index is -0.886. The molecule has 0 aliphatic heterocycles. The van der Waals surface area contributed by atoms with Crippen molar-refractivity contribution in [3.05, 3.63) is 41.3 Å². The van der Waals surface area contributed by atoms with E-state index in [-0.39, 0.29) is 11.0 Å². The molecule has 0 saturated heterocycles. The Morgan fingerprint density at radius 2 is 2.11 bits per heavy atom. The Balaban J connectivity index is 2.06. The summed E-state index contributed by atoms with van der Waals surface area (Å²) in [4.78, 5) is 11.6. The van der Waals surface area contributed by atoms with Crippen LogP contribution in [0, 0.1) is 5.82 Å². The first kappa shape index (κ1) is 12.4. The Kier molecular flexibility index (Phi) is 2.95. The van der Waals surface area contributed by atoms with Gasteiger partial charge in [0.2, 0.25) is 5.28 Å². The van der Waals surface area contributed by atoms with Gasteiger partial charge >= 0.3 is 0 Å². The van der Waals surface area contributed by atoms with Crippen molar-refractivity contribution in [1.82, 2.24) is 15.0 Å². The molecule has 1 aliphatic carbocycles. The lowest BCUT2D eigenvalue weighted by molar-refractivity contribution is -0.0425. The molecule has 1 N–H and O–H groups in total. The van der Waals surface area contributed by atoms with Crippen LogP contribution >= 0.6 is 11.6 Å². The topological polar surface area (TPSA) is 58.9 Å². The Hall–Kier alpha value is -1.59. The fourth-order valence-corrected chi connectivity index (χ4v) is 2.28. The number of nitrogens with zero attached hydrogens (tertiary/aromatic N) is 3. The summed E-state index contributed by atoms with van der Waals surface area (Å²) >= 11 is 5.68. The minimum absolute atomic E-state index is 0.0166. The van der Waals surface area contributed by atoms with Crippen LogP contribution in [-0.2, 0) is 5.60 Å². The standard InChI is InChI=1S/C13H11ClFN3O/c14-12-17-7-9(15)11(18-12)8-2-5-16-10(6-8)13(19)3-1-4-13/h2,5-7,19H,1,3-4H2. The molecule has 2 heterocycles. The van der Waals surface area contributed by atoms with E-state index in [0.29, 0.717) is 24.1 Å². The van der Waals surface area contributed by atoms with Crippen LogP contribution in [0.1, 0.15) is 25.0 Å². The summed E-state index contributed by atoms with van der Waals surface area (Å²) in [5.41, 5.74) is 0.313. The summed E-state index contributed by atoms with van der Waals surface area (Å²) < 4.78 is 13.7. The van der Waals surface area contributed by atoms with Gasteiger partial charge in [-0.3, -0.25) is 4.98 Å². The van der Waals surface area contributed by atoms with Crippen molar-refractivity contribution in [2.75, 3.05) is 0 Å². The van der Waals surface area contributed by atoms with Crippen molar-refractivity contribution >= 4 is 11.6 Å². The molecule has 0 atom stereocenters.